The number of primary amides is 2. The first-order valence-corrected chi connectivity index (χ1v) is 19.3. The number of carbonyl (C=O) groups excluding carboxylic acids is 2. The number of likely N-dealkylation sites (N-methyl/N-ethyl adjacent to an activating group) is 1. The van der Waals surface area contributed by atoms with Crippen LogP contribution in [0.1, 0.15) is 81.5 Å². The van der Waals surface area contributed by atoms with Gasteiger partial charge >= 0.3 is 0 Å². The topological polar surface area (TPSA) is 153 Å². The molecule has 3 aromatic carbocycles. The van der Waals surface area contributed by atoms with Crippen LogP contribution in [0.25, 0.3) is 5.70 Å². The van der Waals surface area contributed by atoms with E-state index in [1.165, 1.54) is 35.0 Å². The number of aliphatic hydroxyl groups excluding tert-OH is 1. The molecule has 1 aromatic heterocycles. The Bertz CT molecular complexity index is 2170. The lowest BCUT2D eigenvalue weighted by atomic mass is 9.87. The Hall–Kier alpha value is -5.56. The van der Waals surface area contributed by atoms with Crippen LogP contribution in [0.3, 0.4) is 0 Å². The molecule has 2 unspecified atom stereocenters. The van der Waals surface area contributed by atoms with Crippen molar-refractivity contribution in [2.75, 3.05) is 40.3 Å². The van der Waals surface area contributed by atoms with Crippen molar-refractivity contribution in [2.45, 2.75) is 57.0 Å². The number of aliphatic hydroxyl groups is 1. The summed E-state index contributed by atoms with van der Waals surface area (Å²) >= 11 is 0. The van der Waals surface area contributed by atoms with Crippen LogP contribution in [-0.2, 0) is 24.1 Å². The molecule has 0 radical (unpaired) electrons. The van der Waals surface area contributed by atoms with Crippen LogP contribution in [0, 0.1) is 5.82 Å². The average Bonchev–Trinajstić information content (AvgIpc) is 3.62. The van der Waals surface area contributed by atoms with Gasteiger partial charge in [0.25, 0.3) is 5.91 Å². The van der Waals surface area contributed by atoms with Gasteiger partial charge in [0.1, 0.15) is 23.2 Å². The third kappa shape index (κ3) is 8.47. The summed E-state index contributed by atoms with van der Waals surface area (Å²) in [4.78, 5) is 36.1. The van der Waals surface area contributed by atoms with Crippen molar-refractivity contribution in [3.63, 3.8) is 0 Å². The van der Waals surface area contributed by atoms with Gasteiger partial charge in [-0.05, 0) is 116 Å². The lowest BCUT2D eigenvalue weighted by molar-refractivity contribution is -0.920. The second-order valence-electron chi connectivity index (χ2n) is 15.4. The molecule has 2 aliphatic carbocycles. The Balaban J connectivity index is 1.15. The van der Waals surface area contributed by atoms with E-state index >= 15 is 0 Å². The highest BCUT2D eigenvalue weighted by molar-refractivity contribution is 5.98. The molecule has 2 heterocycles. The van der Waals surface area contributed by atoms with Crippen molar-refractivity contribution in [1.29, 1.82) is 0 Å². The molecule has 12 heteroatoms. The third-order valence-electron chi connectivity index (χ3n) is 11.3. The SMILES string of the molecule is C[N+](C)(CCc1ccc(F)cc1)C1CCc2cc(ON3CC(C(N)=O)=CC=C3c3cncc(C(N)=O)c3Oc3ccc4c(c3)CCCC4NCCCO)ccc21. The summed E-state index contributed by atoms with van der Waals surface area (Å²) < 4.78 is 20.8. The Morgan fingerprint density at radius 3 is 2.46 bits per heavy atom. The number of pyridine rings is 1. The second kappa shape index (κ2) is 16.7. The van der Waals surface area contributed by atoms with E-state index in [-0.39, 0.29) is 42.4 Å². The summed E-state index contributed by atoms with van der Waals surface area (Å²) in [5.74, 6) is -0.174. The number of aromatic nitrogens is 1. The number of nitrogens with one attached hydrogen (secondary N) is 1. The standard InChI is InChI=1S/C44H49FN6O5/c1-51(2,21-19-28-7-11-32(45)12-8-28)41-18-10-30-24-34(14-16-36(30)41)56-50-27-31(43(46)53)9-17-40(50)37-25-48-26-38(44(47)54)42(37)55-33-13-15-35-29(23-33)5-3-6-39(35)49-20-4-22-52/h7-9,11-17,23-26,39,41,49,52H,3-6,10,18-22,27H2,1-2H3,(H3-,46,47,53,54)/p+1. The quantitative estimate of drug-likeness (QED) is 0.0873. The maximum atomic E-state index is 13.5. The molecule has 2 amide bonds. The van der Waals surface area contributed by atoms with Gasteiger partial charge in [0.2, 0.25) is 5.91 Å². The van der Waals surface area contributed by atoms with Gasteiger partial charge in [-0.1, -0.05) is 18.2 Å². The number of nitrogens with zero attached hydrogens (tertiary/aromatic N) is 3. The Labute approximate surface area is 327 Å². The van der Waals surface area contributed by atoms with Crippen molar-refractivity contribution < 1.29 is 33.1 Å². The number of aryl methyl sites for hydroxylation is 2. The molecule has 1 aliphatic heterocycles. The first-order valence-electron chi connectivity index (χ1n) is 19.3. The number of amides is 2. The Morgan fingerprint density at radius 1 is 0.946 bits per heavy atom. The molecule has 6 N–H and O–H groups in total. The Morgan fingerprint density at radius 2 is 1.70 bits per heavy atom. The minimum absolute atomic E-state index is 0.0396. The van der Waals surface area contributed by atoms with Crippen LogP contribution in [0.5, 0.6) is 17.2 Å². The lowest BCUT2D eigenvalue weighted by Gasteiger charge is -2.37. The molecule has 0 fully saturated rings. The fourth-order valence-corrected chi connectivity index (χ4v) is 8.18. The molecular formula is C44H50FN6O5+. The van der Waals surface area contributed by atoms with Gasteiger partial charge in [0.05, 0.1) is 38.4 Å². The van der Waals surface area contributed by atoms with Gasteiger partial charge in [-0.25, -0.2) is 9.45 Å². The van der Waals surface area contributed by atoms with Crippen LogP contribution in [0.2, 0.25) is 0 Å². The highest BCUT2D eigenvalue weighted by Crippen LogP contribution is 2.42. The number of fused-ring (bicyclic) bond motifs is 2. The molecule has 0 spiro atoms. The molecule has 0 bridgehead atoms. The predicted molar refractivity (Wildman–Crippen MR) is 212 cm³/mol. The summed E-state index contributed by atoms with van der Waals surface area (Å²) in [5.41, 5.74) is 18.9. The zero-order chi connectivity index (χ0) is 39.4. The van der Waals surface area contributed by atoms with Gasteiger partial charge in [0, 0.05) is 49.0 Å². The molecule has 0 saturated heterocycles. The van der Waals surface area contributed by atoms with Crippen molar-refractivity contribution in [3.8, 4) is 17.2 Å². The van der Waals surface area contributed by atoms with Gasteiger partial charge in [-0.3, -0.25) is 14.6 Å². The fraction of sp³-hybridized carbons (Fsp3) is 0.341. The van der Waals surface area contributed by atoms with Gasteiger partial charge in [0.15, 0.2) is 11.5 Å². The van der Waals surface area contributed by atoms with Crippen LogP contribution in [-0.4, -0.2) is 71.8 Å². The van der Waals surface area contributed by atoms with Gasteiger partial charge < -0.3 is 35.9 Å². The molecule has 7 rings (SSSR count). The minimum atomic E-state index is -0.704. The second-order valence-corrected chi connectivity index (χ2v) is 15.4. The van der Waals surface area contributed by atoms with Crippen molar-refractivity contribution in [2.24, 2.45) is 11.5 Å². The summed E-state index contributed by atoms with van der Waals surface area (Å²) in [6, 6.07) is 19.2. The number of allylic oxidation sites excluding steroid dienone is 2. The van der Waals surface area contributed by atoms with Crippen LogP contribution >= 0.6 is 0 Å². The minimum Gasteiger partial charge on any atom is -0.456 e. The third-order valence-corrected chi connectivity index (χ3v) is 11.3. The number of benzene rings is 3. The zero-order valence-corrected chi connectivity index (χ0v) is 32.0. The van der Waals surface area contributed by atoms with E-state index < -0.39 is 11.8 Å². The number of hydrogen-bond donors (Lipinski definition) is 4. The normalized spacial score (nSPS) is 17.8. The van der Waals surface area contributed by atoms with E-state index in [0.717, 1.165) is 67.2 Å². The number of quaternary nitrogens is 1. The van der Waals surface area contributed by atoms with Crippen molar-refractivity contribution >= 4 is 17.5 Å². The highest BCUT2D eigenvalue weighted by atomic mass is 19.1. The summed E-state index contributed by atoms with van der Waals surface area (Å²) in [5, 5.41) is 14.4. The highest BCUT2D eigenvalue weighted by Gasteiger charge is 2.36. The molecule has 3 aliphatic rings. The molecule has 4 aromatic rings. The van der Waals surface area contributed by atoms with E-state index in [0.29, 0.717) is 34.8 Å². The zero-order valence-electron chi connectivity index (χ0n) is 32.0. The molecule has 11 nitrogen and oxygen atoms in total. The smallest absolute Gasteiger partial charge is 0.254 e. The number of carbonyl (C=O) groups is 2. The van der Waals surface area contributed by atoms with Crippen LogP contribution < -0.4 is 26.4 Å². The number of rotatable bonds is 15. The van der Waals surface area contributed by atoms with E-state index in [1.807, 2.05) is 42.5 Å². The van der Waals surface area contributed by atoms with E-state index in [1.54, 1.807) is 23.4 Å². The van der Waals surface area contributed by atoms with Crippen LogP contribution in [0.15, 0.2) is 90.8 Å². The maximum Gasteiger partial charge on any atom is 0.254 e. The molecule has 2 atom stereocenters. The molecule has 292 valence electrons. The number of halogens is 1. The fourth-order valence-electron chi connectivity index (χ4n) is 8.18. The largest absolute Gasteiger partial charge is 0.456 e. The monoisotopic (exact) mass is 761 g/mol. The van der Waals surface area contributed by atoms with E-state index in [9.17, 15) is 19.1 Å². The lowest BCUT2D eigenvalue weighted by Crippen LogP contribution is -2.43. The summed E-state index contributed by atoms with van der Waals surface area (Å²) in [7, 11) is 4.48. The average molecular weight is 762 g/mol. The first kappa shape index (κ1) is 38.7. The van der Waals surface area contributed by atoms with Crippen molar-refractivity contribution in [1.82, 2.24) is 15.4 Å². The van der Waals surface area contributed by atoms with E-state index in [4.69, 9.17) is 21.0 Å². The number of ether oxygens (including phenoxy) is 1. The first-order chi connectivity index (χ1) is 27.0. The summed E-state index contributed by atoms with van der Waals surface area (Å²) in [6.07, 6.45) is 12.6. The predicted octanol–water partition coefficient (Wildman–Crippen LogP) is 5.83. The van der Waals surface area contributed by atoms with Crippen LogP contribution in [0.4, 0.5) is 4.39 Å². The number of hydrogen-bond acceptors (Lipinski definition) is 8. The molecular weight excluding hydrogens is 712 g/mol. The molecule has 56 heavy (non-hydrogen) atoms. The van der Waals surface area contributed by atoms with Gasteiger partial charge in [-0.2, -0.15) is 0 Å². The molecule has 0 saturated carbocycles. The van der Waals surface area contributed by atoms with Gasteiger partial charge in [-0.15, -0.1) is 0 Å². The number of hydroxylamine groups is 2. The summed E-state index contributed by atoms with van der Waals surface area (Å²) in [6.45, 7) is 1.81. The maximum absolute atomic E-state index is 13.5. The Kier molecular flexibility index (Phi) is 11.5. The number of nitrogens with two attached hydrogens (primary N) is 2. The van der Waals surface area contributed by atoms with Crippen molar-refractivity contribution in [3.05, 3.63) is 136 Å². The van der Waals surface area contributed by atoms with E-state index in [2.05, 4.69) is 30.5 Å².